The predicted octanol–water partition coefficient (Wildman–Crippen LogP) is 2.78. The number of pyridine rings is 1. The molecular formula is C19H19N3O2S. The van der Waals surface area contributed by atoms with Crippen molar-refractivity contribution in [2.45, 2.75) is 19.3 Å². The van der Waals surface area contributed by atoms with Gasteiger partial charge in [-0.3, -0.25) is 0 Å². The zero-order valence-corrected chi connectivity index (χ0v) is 14.5. The van der Waals surface area contributed by atoms with Crippen LogP contribution in [-0.2, 0) is 22.9 Å². The van der Waals surface area contributed by atoms with E-state index in [0.29, 0.717) is 24.3 Å². The number of aryl methyl sites for hydroxylation is 1. The summed E-state index contributed by atoms with van der Waals surface area (Å²) in [6, 6.07) is 13.7. The Balaban J connectivity index is 1.44. The van der Waals surface area contributed by atoms with E-state index in [-0.39, 0.29) is 0 Å². The van der Waals surface area contributed by atoms with Crippen LogP contribution in [0.25, 0.3) is 11.7 Å². The molecule has 0 saturated heterocycles. The molecule has 0 aliphatic heterocycles. The first-order chi connectivity index (χ1) is 12.1. The molecule has 128 valence electrons. The largest absolute Gasteiger partial charge is 0.307 e. The summed E-state index contributed by atoms with van der Waals surface area (Å²) < 4.78 is 29.7. The van der Waals surface area contributed by atoms with E-state index in [2.05, 4.69) is 9.71 Å². The Morgan fingerprint density at radius 2 is 1.92 bits per heavy atom. The van der Waals surface area contributed by atoms with E-state index in [1.165, 1.54) is 5.56 Å². The molecule has 0 saturated carbocycles. The topological polar surface area (TPSA) is 63.5 Å². The van der Waals surface area contributed by atoms with Crippen molar-refractivity contribution in [2.24, 2.45) is 0 Å². The number of imidazole rings is 1. The lowest BCUT2D eigenvalue weighted by Crippen LogP contribution is -2.28. The van der Waals surface area contributed by atoms with Gasteiger partial charge in [0.15, 0.2) is 0 Å². The summed E-state index contributed by atoms with van der Waals surface area (Å²) in [6.07, 6.45) is 7.51. The molecule has 1 aliphatic carbocycles. The fraction of sp³-hybridized carbons (Fsp3) is 0.211. The molecule has 0 spiro atoms. The highest BCUT2D eigenvalue weighted by molar-refractivity contribution is 7.93. The lowest BCUT2D eigenvalue weighted by atomic mass is 9.98. The first-order valence-electron chi connectivity index (χ1n) is 8.33. The van der Waals surface area contributed by atoms with Crippen LogP contribution in [0.1, 0.15) is 23.2 Å². The van der Waals surface area contributed by atoms with Gasteiger partial charge in [-0.2, -0.15) is 0 Å². The van der Waals surface area contributed by atoms with E-state index in [0.717, 1.165) is 23.3 Å². The fourth-order valence-corrected chi connectivity index (χ4v) is 4.34. The summed E-state index contributed by atoms with van der Waals surface area (Å²) in [5.41, 5.74) is 3.93. The van der Waals surface area contributed by atoms with E-state index in [1.54, 1.807) is 6.08 Å². The SMILES string of the molecule is O=S(=O)(NCCc1cn2ccccc2n1)C1=Cc2ccccc2CC1. The van der Waals surface area contributed by atoms with E-state index >= 15 is 0 Å². The third-order valence-corrected chi connectivity index (χ3v) is 6.04. The highest BCUT2D eigenvalue weighted by atomic mass is 32.2. The molecule has 0 atom stereocenters. The van der Waals surface area contributed by atoms with Gasteiger partial charge in [-0.15, -0.1) is 0 Å². The van der Waals surface area contributed by atoms with Crippen molar-refractivity contribution in [3.8, 4) is 0 Å². The summed E-state index contributed by atoms with van der Waals surface area (Å²) >= 11 is 0. The summed E-state index contributed by atoms with van der Waals surface area (Å²) in [5.74, 6) is 0. The van der Waals surface area contributed by atoms with Crippen LogP contribution in [0.15, 0.2) is 59.8 Å². The third-order valence-electron chi connectivity index (χ3n) is 4.44. The molecule has 0 bridgehead atoms. The minimum absolute atomic E-state index is 0.338. The molecule has 0 amide bonds. The maximum Gasteiger partial charge on any atom is 0.236 e. The molecule has 0 radical (unpaired) electrons. The molecule has 0 unspecified atom stereocenters. The van der Waals surface area contributed by atoms with Crippen molar-refractivity contribution >= 4 is 21.7 Å². The number of fused-ring (bicyclic) bond motifs is 2. The lowest BCUT2D eigenvalue weighted by molar-refractivity contribution is 0.585. The van der Waals surface area contributed by atoms with E-state index < -0.39 is 10.0 Å². The third kappa shape index (κ3) is 3.36. The molecule has 1 N–H and O–H groups in total. The van der Waals surface area contributed by atoms with Crippen LogP contribution in [0.3, 0.4) is 0 Å². The number of allylic oxidation sites excluding steroid dienone is 1. The Labute approximate surface area is 147 Å². The quantitative estimate of drug-likeness (QED) is 0.767. The smallest absolute Gasteiger partial charge is 0.236 e. The first-order valence-corrected chi connectivity index (χ1v) is 9.81. The minimum atomic E-state index is -3.45. The molecule has 1 aliphatic rings. The number of sulfonamides is 1. The van der Waals surface area contributed by atoms with Gasteiger partial charge < -0.3 is 4.40 Å². The van der Waals surface area contributed by atoms with Crippen molar-refractivity contribution in [1.29, 1.82) is 0 Å². The number of benzene rings is 1. The summed E-state index contributed by atoms with van der Waals surface area (Å²) in [4.78, 5) is 4.95. The maximum absolute atomic E-state index is 12.6. The zero-order chi connectivity index (χ0) is 17.3. The minimum Gasteiger partial charge on any atom is -0.307 e. The summed E-state index contributed by atoms with van der Waals surface area (Å²) in [6.45, 7) is 0.338. The van der Waals surface area contributed by atoms with Gasteiger partial charge in [0.05, 0.1) is 10.6 Å². The van der Waals surface area contributed by atoms with Crippen molar-refractivity contribution in [3.63, 3.8) is 0 Å². The van der Waals surface area contributed by atoms with Gasteiger partial charge in [-0.25, -0.2) is 18.1 Å². The second kappa shape index (κ2) is 6.46. The average Bonchev–Trinajstić information content (AvgIpc) is 3.04. The Hall–Kier alpha value is -2.44. The summed E-state index contributed by atoms with van der Waals surface area (Å²) in [5, 5.41) is 0. The van der Waals surface area contributed by atoms with E-state index in [1.807, 2.05) is 59.3 Å². The predicted molar refractivity (Wildman–Crippen MR) is 98.6 cm³/mol. The Bertz CT molecular complexity index is 1020. The van der Waals surface area contributed by atoms with Gasteiger partial charge in [0, 0.05) is 25.4 Å². The van der Waals surface area contributed by atoms with Gasteiger partial charge in [0.25, 0.3) is 0 Å². The Kier molecular flexibility index (Phi) is 4.15. The van der Waals surface area contributed by atoms with Crippen LogP contribution >= 0.6 is 0 Å². The molecule has 2 heterocycles. The number of rotatable bonds is 5. The highest BCUT2D eigenvalue weighted by Gasteiger charge is 2.21. The average molecular weight is 353 g/mol. The monoisotopic (exact) mass is 353 g/mol. The van der Waals surface area contributed by atoms with Crippen LogP contribution in [0, 0.1) is 0 Å². The molecule has 1 aromatic carbocycles. The Morgan fingerprint density at radius 1 is 1.08 bits per heavy atom. The molecule has 25 heavy (non-hydrogen) atoms. The number of hydrogen-bond donors (Lipinski definition) is 1. The molecule has 5 nitrogen and oxygen atoms in total. The van der Waals surface area contributed by atoms with Crippen LogP contribution in [0.5, 0.6) is 0 Å². The molecular weight excluding hydrogens is 334 g/mol. The van der Waals surface area contributed by atoms with Crippen LogP contribution < -0.4 is 4.72 Å². The number of aromatic nitrogens is 2. The number of nitrogens with one attached hydrogen (secondary N) is 1. The van der Waals surface area contributed by atoms with Crippen LogP contribution in [0.2, 0.25) is 0 Å². The van der Waals surface area contributed by atoms with Crippen molar-refractivity contribution in [2.75, 3.05) is 6.54 Å². The maximum atomic E-state index is 12.6. The zero-order valence-electron chi connectivity index (χ0n) is 13.7. The highest BCUT2D eigenvalue weighted by Crippen LogP contribution is 2.26. The van der Waals surface area contributed by atoms with Crippen molar-refractivity contribution in [1.82, 2.24) is 14.1 Å². The first kappa shape index (κ1) is 16.1. The van der Waals surface area contributed by atoms with Gasteiger partial charge in [-0.05, 0) is 42.2 Å². The Morgan fingerprint density at radius 3 is 2.80 bits per heavy atom. The summed E-state index contributed by atoms with van der Waals surface area (Å²) in [7, 11) is -3.45. The number of hydrogen-bond acceptors (Lipinski definition) is 3. The normalized spacial score (nSPS) is 14.3. The standard InChI is InChI=1S/C19H19N3O2S/c23-25(24,18-9-8-15-5-1-2-6-16(15)13-18)20-11-10-17-14-22-12-4-3-7-19(22)21-17/h1-7,12-14,20H,8-11H2. The van der Waals surface area contributed by atoms with Gasteiger partial charge in [0.1, 0.15) is 5.65 Å². The molecule has 4 rings (SSSR count). The molecule has 2 aromatic heterocycles. The van der Waals surface area contributed by atoms with Crippen LogP contribution in [-0.4, -0.2) is 24.3 Å². The van der Waals surface area contributed by atoms with Crippen LogP contribution in [0.4, 0.5) is 0 Å². The molecule has 6 heteroatoms. The molecule has 3 aromatic rings. The van der Waals surface area contributed by atoms with E-state index in [4.69, 9.17) is 0 Å². The van der Waals surface area contributed by atoms with Gasteiger partial charge in [-0.1, -0.05) is 30.3 Å². The lowest BCUT2D eigenvalue weighted by Gasteiger charge is -2.16. The van der Waals surface area contributed by atoms with Gasteiger partial charge >= 0.3 is 0 Å². The second-order valence-electron chi connectivity index (χ2n) is 6.16. The second-order valence-corrected chi connectivity index (χ2v) is 7.98. The number of nitrogens with zero attached hydrogens (tertiary/aromatic N) is 2. The van der Waals surface area contributed by atoms with E-state index in [9.17, 15) is 8.42 Å². The van der Waals surface area contributed by atoms with Crippen molar-refractivity contribution < 1.29 is 8.42 Å². The van der Waals surface area contributed by atoms with Crippen molar-refractivity contribution in [3.05, 3.63) is 76.6 Å². The molecule has 0 fully saturated rings. The van der Waals surface area contributed by atoms with Gasteiger partial charge in [0.2, 0.25) is 10.0 Å². The fourth-order valence-electron chi connectivity index (χ4n) is 3.13.